The molecule has 3 aromatic rings. The van der Waals surface area contributed by atoms with Gasteiger partial charge in [-0.1, -0.05) is 95.9 Å². The van der Waals surface area contributed by atoms with E-state index in [1.807, 2.05) is 30.3 Å². The highest BCUT2D eigenvalue weighted by Gasteiger charge is 2.59. The molecule has 4 aliphatic rings. The normalized spacial score (nSPS) is 31.0. The summed E-state index contributed by atoms with van der Waals surface area (Å²) >= 11 is 0. The first-order valence-corrected chi connectivity index (χ1v) is 19.3. The molecule has 0 bridgehead atoms. The number of hydrogen-bond donors (Lipinski definition) is 1. The lowest BCUT2D eigenvalue weighted by molar-refractivity contribution is -0.153. The molecule has 4 aliphatic carbocycles. The molecule has 7 rings (SSSR count). The Labute approximate surface area is 297 Å². The van der Waals surface area contributed by atoms with E-state index in [0.717, 1.165) is 60.3 Å². The molecule has 50 heavy (non-hydrogen) atoms. The fourth-order valence-corrected chi connectivity index (χ4v) is 11.2. The summed E-state index contributed by atoms with van der Waals surface area (Å²) in [6, 6.07) is 13.6. The molecule has 268 valence electrons. The molecule has 1 heterocycles. The number of allylic oxidation sites excluding steroid dienone is 1. The van der Waals surface area contributed by atoms with E-state index in [1.165, 1.54) is 69.1 Å². The SMILES string of the molecule is CC(C)CCC[C@@H](C)[C@H]1CCC2C3CC=C4C[C@@H](OC(=O)COc5cc(O)c6c(=O)cc(-c7ccccc7)oc6c5)CC[C@]4(C)C3CC[C@@]21C. The number of esters is 1. The van der Waals surface area contributed by atoms with E-state index in [9.17, 15) is 14.7 Å². The van der Waals surface area contributed by atoms with Crippen LogP contribution in [-0.4, -0.2) is 23.8 Å². The zero-order chi connectivity index (χ0) is 35.2. The summed E-state index contributed by atoms with van der Waals surface area (Å²) in [6.07, 6.45) is 15.8. The van der Waals surface area contributed by atoms with Gasteiger partial charge < -0.3 is 19.0 Å². The fourth-order valence-electron chi connectivity index (χ4n) is 11.2. The molecule has 8 atom stereocenters. The lowest BCUT2D eigenvalue weighted by atomic mass is 9.47. The van der Waals surface area contributed by atoms with Gasteiger partial charge in [-0.3, -0.25) is 4.79 Å². The predicted octanol–water partition coefficient (Wildman–Crippen LogP) is 10.5. The number of aromatic hydroxyl groups is 1. The van der Waals surface area contributed by atoms with Crippen LogP contribution >= 0.6 is 0 Å². The fraction of sp³-hybridized carbons (Fsp3) is 0.591. The Hall–Kier alpha value is -3.54. The van der Waals surface area contributed by atoms with Crippen LogP contribution in [0.3, 0.4) is 0 Å². The number of carbonyl (C=O) groups is 1. The van der Waals surface area contributed by atoms with Gasteiger partial charge in [0.2, 0.25) is 0 Å². The van der Waals surface area contributed by atoms with E-state index in [-0.39, 0.29) is 46.0 Å². The Bertz CT molecular complexity index is 1790. The van der Waals surface area contributed by atoms with Crippen molar-refractivity contribution in [2.24, 2.45) is 46.3 Å². The molecule has 2 aromatic carbocycles. The van der Waals surface area contributed by atoms with Crippen molar-refractivity contribution in [3.05, 3.63) is 70.4 Å². The molecule has 1 aromatic heterocycles. The second-order valence-electron chi connectivity index (χ2n) is 17.1. The maximum atomic E-state index is 13.0. The number of hydrogen-bond acceptors (Lipinski definition) is 6. The largest absolute Gasteiger partial charge is 0.507 e. The van der Waals surface area contributed by atoms with Crippen LogP contribution in [-0.2, 0) is 9.53 Å². The minimum atomic E-state index is -0.431. The number of ether oxygens (including phenoxy) is 2. The van der Waals surface area contributed by atoms with E-state index < -0.39 is 5.97 Å². The molecule has 3 fully saturated rings. The number of fused-ring (bicyclic) bond motifs is 6. The Kier molecular flexibility index (Phi) is 9.69. The summed E-state index contributed by atoms with van der Waals surface area (Å²) < 4.78 is 17.7. The van der Waals surface area contributed by atoms with Gasteiger partial charge in [-0.25, -0.2) is 4.79 Å². The van der Waals surface area contributed by atoms with Gasteiger partial charge >= 0.3 is 5.97 Å². The summed E-state index contributed by atoms with van der Waals surface area (Å²) in [5, 5.41) is 10.7. The van der Waals surface area contributed by atoms with Crippen LogP contribution in [0.25, 0.3) is 22.3 Å². The molecule has 0 aliphatic heterocycles. The minimum absolute atomic E-state index is 0.0786. The van der Waals surface area contributed by atoms with Crippen LogP contribution in [0, 0.1) is 46.3 Å². The number of rotatable bonds is 10. The maximum absolute atomic E-state index is 13.0. The van der Waals surface area contributed by atoms with E-state index >= 15 is 0 Å². The molecule has 6 nitrogen and oxygen atoms in total. The lowest BCUT2D eigenvalue weighted by Crippen LogP contribution is -2.51. The first-order valence-electron chi connectivity index (χ1n) is 19.3. The molecule has 3 saturated carbocycles. The predicted molar refractivity (Wildman–Crippen MR) is 198 cm³/mol. The van der Waals surface area contributed by atoms with Gasteiger partial charge in [0.1, 0.15) is 34.3 Å². The van der Waals surface area contributed by atoms with Crippen LogP contribution in [0.5, 0.6) is 11.5 Å². The van der Waals surface area contributed by atoms with E-state index in [4.69, 9.17) is 13.9 Å². The van der Waals surface area contributed by atoms with Crippen LogP contribution in [0.15, 0.2) is 69.4 Å². The molecule has 1 N–H and O–H groups in total. The summed E-state index contributed by atoms with van der Waals surface area (Å²) in [5.41, 5.74) is 2.76. The molecular weight excluding hydrogens is 624 g/mol. The van der Waals surface area contributed by atoms with Gasteiger partial charge in [0.15, 0.2) is 12.0 Å². The van der Waals surface area contributed by atoms with Crippen LogP contribution < -0.4 is 10.2 Å². The molecular formula is C44H56O6. The Morgan fingerprint density at radius 3 is 2.56 bits per heavy atom. The highest BCUT2D eigenvalue weighted by molar-refractivity contribution is 5.86. The molecule has 0 radical (unpaired) electrons. The third-order valence-corrected chi connectivity index (χ3v) is 13.8. The number of carbonyl (C=O) groups excluding carboxylic acids is 1. The van der Waals surface area contributed by atoms with Crippen molar-refractivity contribution in [2.45, 2.75) is 111 Å². The number of benzene rings is 2. The molecule has 3 unspecified atom stereocenters. The summed E-state index contributed by atoms with van der Waals surface area (Å²) in [5.74, 6) is 4.75. The van der Waals surface area contributed by atoms with E-state index in [2.05, 4.69) is 40.7 Å². The Morgan fingerprint density at radius 2 is 1.78 bits per heavy atom. The van der Waals surface area contributed by atoms with Crippen LogP contribution in [0.2, 0.25) is 0 Å². The van der Waals surface area contributed by atoms with E-state index in [0.29, 0.717) is 11.2 Å². The summed E-state index contributed by atoms with van der Waals surface area (Å²) in [4.78, 5) is 25.8. The highest BCUT2D eigenvalue weighted by atomic mass is 16.6. The Morgan fingerprint density at radius 1 is 0.980 bits per heavy atom. The van der Waals surface area contributed by atoms with Crippen molar-refractivity contribution in [1.29, 1.82) is 0 Å². The standard InChI is InChI=1S/C44H56O6/c1-27(2)10-9-11-28(3)34-16-17-35-33-15-14-30-22-31(18-20-43(30,4)36(33)19-21-44(34,35)5)49-41(47)26-48-32-23-37(45)42-38(46)25-39(50-40(42)24-32)29-12-7-6-8-13-29/h6-8,12-14,23-25,27-28,31,33-36,45H,9-11,15-22,26H2,1-5H3/t28-,31+,33?,34-,35?,36?,43+,44-/m1/s1. The highest BCUT2D eigenvalue weighted by Crippen LogP contribution is 2.67. The molecule has 6 heteroatoms. The van der Waals surface area contributed by atoms with Crippen molar-refractivity contribution in [3.8, 4) is 22.8 Å². The minimum Gasteiger partial charge on any atom is -0.507 e. The monoisotopic (exact) mass is 680 g/mol. The maximum Gasteiger partial charge on any atom is 0.344 e. The van der Waals surface area contributed by atoms with Gasteiger partial charge in [-0.2, -0.15) is 0 Å². The van der Waals surface area contributed by atoms with Crippen molar-refractivity contribution in [3.63, 3.8) is 0 Å². The van der Waals surface area contributed by atoms with E-state index in [1.54, 1.807) is 6.07 Å². The van der Waals surface area contributed by atoms with Crippen molar-refractivity contribution < 1.29 is 23.8 Å². The Balaban J connectivity index is 0.970. The number of phenols is 1. The third-order valence-electron chi connectivity index (χ3n) is 13.8. The summed E-state index contributed by atoms with van der Waals surface area (Å²) in [7, 11) is 0. The molecule has 0 saturated heterocycles. The van der Waals surface area contributed by atoms with Crippen molar-refractivity contribution in [2.75, 3.05) is 6.61 Å². The quantitative estimate of drug-likeness (QED) is 0.169. The first-order chi connectivity index (χ1) is 24.0. The average Bonchev–Trinajstić information content (AvgIpc) is 3.44. The van der Waals surface area contributed by atoms with Gasteiger partial charge in [0, 0.05) is 30.2 Å². The van der Waals surface area contributed by atoms with Crippen LogP contribution in [0.1, 0.15) is 105 Å². The average molecular weight is 681 g/mol. The van der Waals surface area contributed by atoms with Gasteiger partial charge in [-0.05, 0) is 91.3 Å². The smallest absolute Gasteiger partial charge is 0.344 e. The van der Waals surface area contributed by atoms with Crippen LogP contribution in [0.4, 0.5) is 0 Å². The number of phenolic OH excluding ortho intramolecular Hbond substituents is 1. The zero-order valence-electron chi connectivity index (χ0n) is 30.7. The molecule has 0 amide bonds. The van der Waals surface area contributed by atoms with Crippen molar-refractivity contribution >= 4 is 16.9 Å². The van der Waals surface area contributed by atoms with Gasteiger partial charge in [0.25, 0.3) is 0 Å². The summed E-state index contributed by atoms with van der Waals surface area (Å²) in [6.45, 7) is 12.1. The second-order valence-corrected chi connectivity index (χ2v) is 17.1. The lowest BCUT2D eigenvalue weighted by Gasteiger charge is -2.58. The second kappa shape index (κ2) is 13.9. The van der Waals surface area contributed by atoms with Crippen molar-refractivity contribution in [1.82, 2.24) is 0 Å². The van der Waals surface area contributed by atoms with Gasteiger partial charge in [0.05, 0.1) is 0 Å². The third kappa shape index (κ3) is 6.52. The topological polar surface area (TPSA) is 86.0 Å². The first kappa shape index (κ1) is 34.9. The van der Waals surface area contributed by atoms with Gasteiger partial charge in [-0.15, -0.1) is 0 Å². The zero-order valence-corrected chi connectivity index (χ0v) is 30.7. The molecule has 0 spiro atoms.